The predicted molar refractivity (Wildman–Crippen MR) is 299 cm³/mol. The molecule has 2 atom stereocenters. The van der Waals surface area contributed by atoms with Crippen LogP contribution in [0, 0.1) is 0 Å². The van der Waals surface area contributed by atoms with Gasteiger partial charge in [-0.25, -0.2) is 14.4 Å². The first-order valence-electron chi connectivity index (χ1n) is 25.9. The zero-order valence-corrected chi connectivity index (χ0v) is 45.6. The highest BCUT2D eigenvalue weighted by Gasteiger charge is 2.39. The normalized spacial score (nSPS) is 13.9. The van der Waals surface area contributed by atoms with Gasteiger partial charge in [-0.1, -0.05) is 204 Å². The summed E-state index contributed by atoms with van der Waals surface area (Å²) in [6.45, 7) is 29.3. The molecule has 0 aliphatic carbocycles. The third kappa shape index (κ3) is 10.1. The van der Waals surface area contributed by atoms with Gasteiger partial charge in [0.15, 0.2) is 0 Å². The van der Waals surface area contributed by atoms with Gasteiger partial charge in [0.25, 0.3) is 0 Å². The number of carboxylic acids is 3. The Morgan fingerprint density at radius 1 is 0.338 bits per heavy atom. The second-order valence-corrected chi connectivity index (χ2v) is 22.6. The highest BCUT2D eigenvalue weighted by atomic mass is 16.5. The molecular weight excluding hydrogens is 917 g/mol. The van der Waals surface area contributed by atoms with Gasteiger partial charge in [0.05, 0.1) is 23.3 Å². The summed E-state index contributed by atoms with van der Waals surface area (Å²) in [5.74, 6) is -1.96. The molecule has 0 amide bonds. The molecule has 7 aromatic rings. The van der Waals surface area contributed by atoms with E-state index in [0.717, 1.165) is 85.4 Å². The number of carboxylic acid groups (broad SMARTS) is 3. The third-order valence-corrected chi connectivity index (χ3v) is 17.1. The Labute approximate surface area is 439 Å². The molecule has 0 fully saturated rings. The van der Waals surface area contributed by atoms with E-state index in [1.165, 1.54) is 0 Å². The largest absolute Gasteiger partial charge is 0.493 e. The van der Waals surface area contributed by atoms with Crippen LogP contribution in [0.4, 0.5) is 0 Å². The second kappa shape index (κ2) is 20.6. The molecule has 384 valence electrons. The maximum absolute atomic E-state index is 11.7. The number of rotatable bonds is 19. The zero-order chi connectivity index (χ0) is 54.2. The number of hydrogen-bond acceptors (Lipinski definition) is 4. The number of benzene rings is 7. The van der Waals surface area contributed by atoms with Crippen molar-refractivity contribution >= 4 is 17.9 Å². The highest BCUT2D eigenvalue weighted by molar-refractivity contribution is 5.88. The fourth-order valence-electron chi connectivity index (χ4n) is 10.8. The summed E-state index contributed by atoms with van der Waals surface area (Å²) in [6.07, 6.45) is 1.61. The van der Waals surface area contributed by atoms with Crippen LogP contribution in [0.25, 0.3) is 0 Å². The Balaban J connectivity index is 1.37. The molecule has 0 heterocycles. The lowest BCUT2D eigenvalue weighted by Crippen LogP contribution is -2.30. The molecule has 0 saturated heterocycles. The maximum atomic E-state index is 11.7. The van der Waals surface area contributed by atoms with Crippen molar-refractivity contribution in [3.05, 3.63) is 241 Å². The lowest BCUT2D eigenvalue weighted by atomic mass is 9.66. The van der Waals surface area contributed by atoms with Crippen molar-refractivity contribution in [2.24, 2.45) is 0 Å². The smallest absolute Gasteiger partial charge is 0.335 e. The Bertz CT molecular complexity index is 3140. The summed E-state index contributed by atoms with van der Waals surface area (Å²) in [7, 11) is 0. The zero-order valence-electron chi connectivity index (χ0n) is 45.6. The minimum Gasteiger partial charge on any atom is -0.493 e. The summed E-state index contributed by atoms with van der Waals surface area (Å²) in [5, 5.41) is 28.7. The number of carbonyl (C=O) groups is 3. The molecule has 3 N–H and O–H groups in total. The van der Waals surface area contributed by atoms with Crippen LogP contribution in [-0.2, 0) is 32.5 Å². The molecule has 7 heteroatoms. The van der Waals surface area contributed by atoms with Gasteiger partial charge in [0, 0.05) is 43.6 Å². The van der Waals surface area contributed by atoms with Crippen LogP contribution >= 0.6 is 0 Å². The maximum Gasteiger partial charge on any atom is 0.335 e. The second-order valence-electron chi connectivity index (χ2n) is 22.6. The van der Waals surface area contributed by atoms with E-state index < -0.39 is 34.2 Å². The summed E-state index contributed by atoms with van der Waals surface area (Å²) < 4.78 is 6.96. The average Bonchev–Trinajstić information content (AvgIpc) is 3.40. The Morgan fingerprint density at radius 3 is 0.878 bits per heavy atom. The third-order valence-electron chi connectivity index (χ3n) is 17.1. The summed E-state index contributed by atoms with van der Waals surface area (Å²) in [4.78, 5) is 35.0. The molecule has 2 unspecified atom stereocenters. The van der Waals surface area contributed by atoms with Crippen LogP contribution in [0.1, 0.15) is 201 Å². The molecule has 0 aliphatic heterocycles. The quantitative estimate of drug-likeness (QED) is 0.0738. The van der Waals surface area contributed by atoms with Crippen LogP contribution in [0.2, 0.25) is 0 Å². The Morgan fingerprint density at radius 2 is 0.581 bits per heavy atom. The van der Waals surface area contributed by atoms with Crippen molar-refractivity contribution in [2.75, 3.05) is 6.61 Å². The average molecular weight is 991 g/mol. The van der Waals surface area contributed by atoms with Gasteiger partial charge in [-0.2, -0.15) is 0 Å². The minimum absolute atomic E-state index is 0.262. The van der Waals surface area contributed by atoms with Gasteiger partial charge >= 0.3 is 17.9 Å². The molecule has 0 saturated carbocycles. The standard InChI is InChI=1S/C67H74O7/c1-14-66(12,52-27-21-45(22-28-52)61(72)73)53-37-35-51(36-38-53)65(10,11)56-41-55(64(8,9)50-31-29-48(30-32-50)62(4,5)46-23-17-43(18-24-46)59(68)69)42-57(58(56)74-16-3)67(13,15-2)54-39-33-49(34-40-54)63(6,7)47-25-19-44(20-26-47)60(70)71/h17-42H,14-16H2,1-13H3,(H,68,69)(H,70,71)(H,72,73). The summed E-state index contributed by atoms with van der Waals surface area (Å²) >= 11 is 0. The first kappa shape index (κ1) is 54.5. The van der Waals surface area contributed by atoms with Crippen molar-refractivity contribution in [3.8, 4) is 5.75 Å². The van der Waals surface area contributed by atoms with Gasteiger partial charge in [0.2, 0.25) is 0 Å². The van der Waals surface area contributed by atoms with Crippen LogP contribution in [-0.4, -0.2) is 39.8 Å². The minimum atomic E-state index is -0.944. The number of hydrogen-bond donors (Lipinski definition) is 3. The van der Waals surface area contributed by atoms with E-state index in [-0.39, 0.29) is 32.9 Å². The van der Waals surface area contributed by atoms with Gasteiger partial charge in [-0.15, -0.1) is 0 Å². The summed E-state index contributed by atoms with van der Waals surface area (Å²) in [6, 6.07) is 53.0. The van der Waals surface area contributed by atoms with E-state index >= 15 is 0 Å². The van der Waals surface area contributed by atoms with Crippen molar-refractivity contribution in [3.63, 3.8) is 0 Å². The predicted octanol–water partition coefficient (Wildman–Crippen LogP) is 15.9. The lowest BCUT2D eigenvalue weighted by molar-refractivity contribution is 0.0686. The topological polar surface area (TPSA) is 121 Å². The van der Waals surface area contributed by atoms with E-state index in [1.807, 2.05) is 36.4 Å². The van der Waals surface area contributed by atoms with Crippen LogP contribution in [0.3, 0.4) is 0 Å². The highest BCUT2D eigenvalue weighted by Crippen LogP contribution is 2.50. The van der Waals surface area contributed by atoms with Crippen molar-refractivity contribution in [1.82, 2.24) is 0 Å². The molecule has 0 spiro atoms. The van der Waals surface area contributed by atoms with E-state index in [0.29, 0.717) is 6.61 Å². The number of ether oxygens (including phenoxy) is 1. The van der Waals surface area contributed by atoms with E-state index in [4.69, 9.17) is 4.74 Å². The molecular formula is C67H74O7. The van der Waals surface area contributed by atoms with Gasteiger partial charge in [0.1, 0.15) is 5.75 Å². The Hall–Kier alpha value is -7.25. The van der Waals surface area contributed by atoms with Crippen molar-refractivity contribution < 1.29 is 34.4 Å². The first-order chi connectivity index (χ1) is 34.8. The van der Waals surface area contributed by atoms with Crippen LogP contribution in [0.5, 0.6) is 5.75 Å². The molecule has 0 radical (unpaired) electrons. The van der Waals surface area contributed by atoms with Gasteiger partial charge in [-0.3, -0.25) is 0 Å². The van der Waals surface area contributed by atoms with Crippen LogP contribution < -0.4 is 4.74 Å². The SMILES string of the molecule is CCOc1c(C(C)(C)c2ccc(C(C)(CC)c3ccc(C(=O)O)cc3)cc2)cc(C(C)(C)c2ccc(C(C)(C)c3ccc(C(=O)O)cc3)cc2)cc1C(C)(CC)c1ccc(C(C)(C)c2ccc(C(=O)O)cc2)cc1. The van der Waals surface area contributed by atoms with E-state index in [9.17, 15) is 29.7 Å². The molecule has 7 rings (SSSR count). The van der Waals surface area contributed by atoms with Crippen molar-refractivity contribution in [1.29, 1.82) is 0 Å². The monoisotopic (exact) mass is 991 g/mol. The molecule has 0 aliphatic rings. The van der Waals surface area contributed by atoms with Crippen LogP contribution in [0.15, 0.2) is 158 Å². The first-order valence-corrected chi connectivity index (χ1v) is 25.9. The van der Waals surface area contributed by atoms with E-state index in [1.54, 1.807) is 36.4 Å². The lowest BCUT2D eigenvalue weighted by Gasteiger charge is -2.39. The molecule has 74 heavy (non-hydrogen) atoms. The summed E-state index contributed by atoms with van der Waals surface area (Å²) in [5.41, 5.74) is 11.5. The molecule has 7 nitrogen and oxygen atoms in total. The van der Waals surface area contributed by atoms with Crippen molar-refractivity contribution in [2.45, 2.75) is 135 Å². The number of aromatic carboxylic acids is 3. The van der Waals surface area contributed by atoms with E-state index in [2.05, 4.69) is 175 Å². The Kier molecular flexibility index (Phi) is 15.2. The van der Waals surface area contributed by atoms with Gasteiger partial charge < -0.3 is 20.1 Å². The molecule has 0 bridgehead atoms. The molecule has 0 aromatic heterocycles. The van der Waals surface area contributed by atoms with Gasteiger partial charge in [-0.05, 0) is 112 Å². The fourth-order valence-corrected chi connectivity index (χ4v) is 10.8. The fraction of sp³-hybridized carbons (Fsp3) is 0.328. The molecule has 7 aromatic carbocycles.